The van der Waals surface area contributed by atoms with E-state index in [-0.39, 0.29) is 18.4 Å². The number of H-pyrrole nitrogens is 2. The minimum Gasteiger partial charge on any atom is -0.394 e. The first kappa shape index (κ1) is 22.1. The molecule has 0 bridgehead atoms. The highest BCUT2D eigenvalue weighted by Crippen LogP contribution is 2.23. The van der Waals surface area contributed by atoms with E-state index in [4.69, 9.17) is 11.6 Å². The second kappa shape index (κ2) is 9.24. The van der Waals surface area contributed by atoms with Crippen molar-refractivity contribution in [3.8, 4) is 0 Å². The largest absolute Gasteiger partial charge is 0.394 e. The van der Waals surface area contributed by atoms with Crippen molar-refractivity contribution in [2.24, 2.45) is 0 Å². The van der Waals surface area contributed by atoms with E-state index in [1.54, 1.807) is 35.2 Å². The van der Waals surface area contributed by atoms with Gasteiger partial charge in [0.2, 0.25) is 0 Å². The number of aromatic amines is 2. The van der Waals surface area contributed by atoms with Gasteiger partial charge in [0.15, 0.2) is 0 Å². The van der Waals surface area contributed by atoms with Gasteiger partial charge >= 0.3 is 0 Å². The summed E-state index contributed by atoms with van der Waals surface area (Å²) in [6, 6.07) is 12.0. The minimum atomic E-state index is -0.458. The summed E-state index contributed by atoms with van der Waals surface area (Å²) < 4.78 is 0. The van der Waals surface area contributed by atoms with Gasteiger partial charge in [-0.3, -0.25) is 19.8 Å². The topological polar surface area (TPSA) is 140 Å². The van der Waals surface area contributed by atoms with Crippen LogP contribution in [0.5, 0.6) is 0 Å². The Morgan fingerprint density at radius 3 is 2.79 bits per heavy atom. The maximum absolute atomic E-state index is 13.0. The number of nitrogens with one attached hydrogen (secondary N) is 3. The van der Waals surface area contributed by atoms with Gasteiger partial charge < -0.3 is 15.3 Å². The van der Waals surface area contributed by atoms with Crippen LogP contribution >= 0.6 is 11.6 Å². The van der Waals surface area contributed by atoms with Crippen LogP contribution in [0.1, 0.15) is 37.7 Å². The number of rotatable bonds is 6. The predicted octanol–water partition coefficient (Wildman–Crippen LogP) is 1.87. The fourth-order valence-corrected chi connectivity index (χ4v) is 4.28. The zero-order valence-electron chi connectivity index (χ0n) is 18.1. The van der Waals surface area contributed by atoms with E-state index < -0.39 is 6.04 Å². The molecule has 4 N–H and O–H groups in total. The lowest BCUT2D eigenvalue weighted by Gasteiger charge is -2.26. The lowest BCUT2D eigenvalue weighted by molar-refractivity contribution is 0.0732. The number of hydrogen-bond donors (Lipinski definition) is 4. The quantitative estimate of drug-likeness (QED) is 0.333. The number of carbonyl (C=O) groups is 2. The number of aliphatic hydroxyl groups excluding tert-OH is 1. The van der Waals surface area contributed by atoms with E-state index in [0.717, 1.165) is 16.6 Å². The standard InChI is InChI=1S/C23H22ClN7O3/c24-15-4-1-13(2-5-15)9-16(12-32)25-22(33)21-17-7-8-31(11-20(17)26-29-21)23(34)14-3-6-18-19(10-14)28-30-27-18/h1-6,10,16,32H,7-9,11-12H2,(H,25,33)(H,26,29)(H,27,28,30). The number of aromatic nitrogens is 5. The maximum atomic E-state index is 13.0. The van der Waals surface area contributed by atoms with Gasteiger partial charge in [-0.2, -0.15) is 5.10 Å². The van der Waals surface area contributed by atoms with Crippen LogP contribution in [0.2, 0.25) is 5.02 Å². The molecule has 2 aromatic carbocycles. The number of benzene rings is 2. The van der Waals surface area contributed by atoms with Gasteiger partial charge in [-0.25, -0.2) is 0 Å². The zero-order valence-corrected chi connectivity index (χ0v) is 18.8. The Morgan fingerprint density at radius 1 is 1.18 bits per heavy atom. The summed E-state index contributed by atoms with van der Waals surface area (Å²) in [5.74, 6) is -0.467. The molecule has 10 nitrogen and oxygen atoms in total. The minimum absolute atomic E-state index is 0.132. The third-order valence-corrected chi connectivity index (χ3v) is 6.22. The SMILES string of the molecule is O=C(NC(CO)Cc1ccc(Cl)cc1)c1[nH]nc2c1CCN(C(=O)c1ccc3[nH]nnc3c1)C2. The van der Waals surface area contributed by atoms with Crippen molar-refractivity contribution in [2.75, 3.05) is 13.2 Å². The molecule has 34 heavy (non-hydrogen) atoms. The van der Waals surface area contributed by atoms with E-state index >= 15 is 0 Å². The van der Waals surface area contributed by atoms with Crippen LogP contribution in [0.15, 0.2) is 42.5 Å². The lowest BCUT2D eigenvalue weighted by atomic mass is 10.0. The van der Waals surface area contributed by atoms with Crippen molar-refractivity contribution in [3.05, 3.63) is 75.6 Å². The van der Waals surface area contributed by atoms with Gasteiger partial charge in [0.1, 0.15) is 11.2 Å². The molecular formula is C23H22ClN7O3. The highest BCUT2D eigenvalue weighted by molar-refractivity contribution is 6.30. The van der Waals surface area contributed by atoms with E-state index in [0.29, 0.717) is 53.4 Å². The van der Waals surface area contributed by atoms with Gasteiger partial charge in [-0.15, -0.1) is 5.10 Å². The third kappa shape index (κ3) is 4.37. The van der Waals surface area contributed by atoms with Crippen LogP contribution in [-0.2, 0) is 19.4 Å². The van der Waals surface area contributed by atoms with Crippen LogP contribution in [0, 0.1) is 0 Å². The zero-order chi connectivity index (χ0) is 23.7. The van der Waals surface area contributed by atoms with Crippen LogP contribution in [0.4, 0.5) is 0 Å². The molecule has 5 rings (SSSR count). The molecule has 11 heteroatoms. The fraction of sp³-hybridized carbons (Fsp3) is 0.261. The number of carbonyl (C=O) groups excluding carboxylic acids is 2. The molecule has 0 saturated carbocycles. The van der Waals surface area contributed by atoms with Crippen LogP contribution in [0.3, 0.4) is 0 Å². The van der Waals surface area contributed by atoms with Crippen molar-refractivity contribution < 1.29 is 14.7 Å². The summed E-state index contributed by atoms with van der Waals surface area (Å²) in [6.45, 7) is 0.544. The molecule has 0 radical (unpaired) electrons. The summed E-state index contributed by atoms with van der Waals surface area (Å²) in [7, 11) is 0. The van der Waals surface area contributed by atoms with Crippen LogP contribution < -0.4 is 5.32 Å². The van der Waals surface area contributed by atoms with Crippen molar-refractivity contribution in [2.45, 2.75) is 25.4 Å². The normalized spacial score (nSPS) is 14.1. The molecule has 2 aromatic heterocycles. The monoisotopic (exact) mass is 479 g/mol. The molecule has 4 aromatic rings. The molecule has 1 aliphatic rings. The van der Waals surface area contributed by atoms with Crippen molar-refractivity contribution in [1.82, 2.24) is 35.8 Å². The Bertz CT molecular complexity index is 1350. The highest BCUT2D eigenvalue weighted by Gasteiger charge is 2.29. The summed E-state index contributed by atoms with van der Waals surface area (Å²) in [5, 5.41) is 30.8. The Morgan fingerprint density at radius 2 is 2.00 bits per heavy atom. The number of halogens is 1. The molecule has 1 unspecified atom stereocenters. The van der Waals surface area contributed by atoms with Gasteiger partial charge in [0.25, 0.3) is 11.8 Å². The summed E-state index contributed by atoms with van der Waals surface area (Å²) in [6.07, 6.45) is 0.960. The third-order valence-electron chi connectivity index (χ3n) is 5.96. The van der Waals surface area contributed by atoms with Crippen molar-refractivity contribution in [1.29, 1.82) is 0 Å². The molecule has 0 spiro atoms. The first-order valence-electron chi connectivity index (χ1n) is 10.8. The maximum Gasteiger partial charge on any atom is 0.269 e. The Kier molecular flexibility index (Phi) is 5.99. The first-order chi connectivity index (χ1) is 16.5. The number of aliphatic hydroxyl groups is 1. The second-order valence-corrected chi connectivity index (χ2v) is 8.66. The van der Waals surface area contributed by atoms with Gasteiger partial charge in [-0.05, 0) is 48.7 Å². The number of fused-ring (bicyclic) bond motifs is 2. The average Bonchev–Trinajstić information content (AvgIpc) is 3.50. The summed E-state index contributed by atoms with van der Waals surface area (Å²) in [5.41, 5.74) is 4.67. The molecule has 0 saturated heterocycles. The predicted molar refractivity (Wildman–Crippen MR) is 124 cm³/mol. The molecule has 1 atom stereocenters. The molecule has 2 amide bonds. The highest BCUT2D eigenvalue weighted by atomic mass is 35.5. The molecule has 0 aliphatic carbocycles. The molecule has 3 heterocycles. The van der Waals surface area contributed by atoms with E-state index in [9.17, 15) is 14.7 Å². The van der Waals surface area contributed by atoms with E-state index in [2.05, 4.69) is 30.9 Å². The summed E-state index contributed by atoms with van der Waals surface area (Å²) in [4.78, 5) is 27.6. The Hall–Kier alpha value is -3.76. The van der Waals surface area contributed by atoms with Crippen molar-refractivity contribution >= 4 is 34.4 Å². The Balaban J connectivity index is 1.26. The number of amides is 2. The molecular weight excluding hydrogens is 458 g/mol. The number of hydrogen-bond acceptors (Lipinski definition) is 6. The molecule has 174 valence electrons. The smallest absolute Gasteiger partial charge is 0.269 e. The first-order valence-corrected chi connectivity index (χ1v) is 11.2. The van der Waals surface area contributed by atoms with Gasteiger partial charge in [0.05, 0.1) is 30.4 Å². The van der Waals surface area contributed by atoms with Crippen molar-refractivity contribution in [3.63, 3.8) is 0 Å². The molecule has 1 aliphatic heterocycles. The fourth-order valence-electron chi connectivity index (χ4n) is 4.15. The van der Waals surface area contributed by atoms with E-state index in [1.807, 2.05) is 12.1 Å². The van der Waals surface area contributed by atoms with E-state index in [1.165, 1.54) is 0 Å². The van der Waals surface area contributed by atoms with Crippen LogP contribution in [-0.4, -0.2) is 66.6 Å². The number of nitrogens with zero attached hydrogens (tertiary/aromatic N) is 4. The lowest BCUT2D eigenvalue weighted by Crippen LogP contribution is -2.40. The average molecular weight is 480 g/mol. The second-order valence-electron chi connectivity index (χ2n) is 8.23. The van der Waals surface area contributed by atoms with Crippen LogP contribution in [0.25, 0.3) is 11.0 Å². The van der Waals surface area contributed by atoms with Gasteiger partial charge in [-0.1, -0.05) is 28.9 Å². The van der Waals surface area contributed by atoms with Gasteiger partial charge in [0, 0.05) is 22.7 Å². The Labute approximate surface area is 199 Å². The molecule has 0 fully saturated rings. The summed E-state index contributed by atoms with van der Waals surface area (Å²) >= 11 is 5.92.